The van der Waals surface area contributed by atoms with Gasteiger partial charge in [0, 0.05) is 42.5 Å². The van der Waals surface area contributed by atoms with Crippen molar-refractivity contribution in [3.8, 4) is 5.75 Å². The lowest BCUT2D eigenvalue weighted by molar-refractivity contribution is -0.141. The summed E-state index contributed by atoms with van der Waals surface area (Å²) in [6.07, 6.45) is 2.58. The van der Waals surface area contributed by atoms with Gasteiger partial charge in [-0.05, 0) is 55.2 Å². The lowest BCUT2D eigenvalue weighted by atomic mass is 10.0. The maximum atomic E-state index is 13.9. The van der Waals surface area contributed by atoms with Crippen molar-refractivity contribution in [3.63, 3.8) is 0 Å². The van der Waals surface area contributed by atoms with Gasteiger partial charge in [0.2, 0.25) is 21.8 Å². The van der Waals surface area contributed by atoms with Crippen molar-refractivity contribution >= 4 is 43.5 Å². The van der Waals surface area contributed by atoms with Gasteiger partial charge in [-0.2, -0.15) is 0 Å². The van der Waals surface area contributed by atoms with Gasteiger partial charge < -0.3 is 15.0 Å². The molecule has 0 bridgehead atoms. The Bertz CT molecular complexity index is 1430. The van der Waals surface area contributed by atoms with Gasteiger partial charge in [0.25, 0.3) is 0 Å². The molecule has 3 aromatic rings. The van der Waals surface area contributed by atoms with Crippen LogP contribution in [0.2, 0.25) is 0 Å². The van der Waals surface area contributed by atoms with E-state index < -0.39 is 16.1 Å². The Kier molecular flexibility index (Phi) is 12.4. The zero-order chi connectivity index (χ0) is 30.7. The van der Waals surface area contributed by atoms with Crippen LogP contribution in [0.4, 0.5) is 5.69 Å². The second-order valence-corrected chi connectivity index (χ2v) is 13.1. The predicted octanol–water partition coefficient (Wildman–Crippen LogP) is 5.56. The molecule has 0 heterocycles. The molecule has 0 unspecified atom stereocenters. The number of nitrogens with zero attached hydrogens (tertiary/aromatic N) is 2. The molecule has 3 aromatic carbocycles. The maximum absolute atomic E-state index is 13.9. The molecule has 3 rings (SSSR count). The molecule has 2 amide bonds. The number of anilines is 1. The number of sulfonamides is 1. The Balaban J connectivity index is 1.89. The van der Waals surface area contributed by atoms with Gasteiger partial charge in [0.15, 0.2) is 0 Å². The summed E-state index contributed by atoms with van der Waals surface area (Å²) in [5.41, 5.74) is 2.28. The van der Waals surface area contributed by atoms with Crippen LogP contribution >= 0.6 is 15.9 Å². The highest BCUT2D eigenvalue weighted by Crippen LogP contribution is 2.24. The van der Waals surface area contributed by atoms with E-state index in [1.54, 1.807) is 29.2 Å². The van der Waals surface area contributed by atoms with Crippen LogP contribution in [0.15, 0.2) is 83.3 Å². The Labute approximate surface area is 258 Å². The molecule has 2 atom stereocenters. The van der Waals surface area contributed by atoms with Crippen LogP contribution in [0, 0.1) is 0 Å². The van der Waals surface area contributed by atoms with Crippen molar-refractivity contribution in [3.05, 3.63) is 94.5 Å². The first kappa shape index (κ1) is 33.1. The first-order chi connectivity index (χ1) is 20.0. The molecule has 0 aliphatic rings. The Morgan fingerprint density at radius 2 is 1.67 bits per heavy atom. The van der Waals surface area contributed by atoms with E-state index in [0.29, 0.717) is 17.9 Å². The topological polar surface area (TPSA) is 96.0 Å². The number of hydrogen-bond acceptors (Lipinski definition) is 5. The normalized spacial score (nSPS) is 12.7. The van der Waals surface area contributed by atoms with Crippen LogP contribution in [0.25, 0.3) is 0 Å². The highest BCUT2D eigenvalue weighted by atomic mass is 79.9. The summed E-state index contributed by atoms with van der Waals surface area (Å²) < 4.78 is 32.8. The molecular weight excluding hydrogens is 618 g/mol. The lowest BCUT2D eigenvalue weighted by Crippen LogP contribution is -2.52. The molecule has 0 aliphatic carbocycles. The molecule has 8 nitrogen and oxygen atoms in total. The fourth-order valence-electron chi connectivity index (χ4n) is 4.60. The predicted molar refractivity (Wildman–Crippen MR) is 171 cm³/mol. The molecule has 42 heavy (non-hydrogen) atoms. The van der Waals surface area contributed by atoms with Gasteiger partial charge in [0.05, 0.1) is 19.1 Å². The van der Waals surface area contributed by atoms with Gasteiger partial charge in [-0.15, -0.1) is 0 Å². The zero-order valence-electron chi connectivity index (χ0n) is 24.6. The second kappa shape index (κ2) is 15.7. The van der Waals surface area contributed by atoms with Crippen LogP contribution < -0.4 is 14.4 Å². The van der Waals surface area contributed by atoms with E-state index in [9.17, 15) is 18.0 Å². The summed E-state index contributed by atoms with van der Waals surface area (Å²) in [6, 6.07) is 23.3. The monoisotopic (exact) mass is 657 g/mol. The minimum absolute atomic E-state index is 0.0511. The largest absolute Gasteiger partial charge is 0.497 e. The third kappa shape index (κ3) is 9.87. The number of hydrogen-bond donors (Lipinski definition) is 1. The Hall–Kier alpha value is -3.37. The molecular formula is C32H40BrN3O5S. The highest BCUT2D eigenvalue weighted by molar-refractivity contribution is 9.10. The number of halogens is 1. The highest BCUT2D eigenvalue weighted by Gasteiger charge is 2.31. The van der Waals surface area contributed by atoms with Crippen molar-refractivity contribution in [1.29, 1.82) is 0 Å². The number of benzene rings is 3. The van der Waals surface area contributed by atoms with Gasteiger partial charge in [-0.3, -0.25) is 13.9 Å². The molecule has 0 aliphatic heterocycles. The number of carbonyl (C=O) groups is 2. The average Bonchev–Trinajstić information content (AvgIpc) is 2.96. The first-order valence-corrected chi connectivity index (χ1v) is 16.7. The van der Waals surface area contributed by atoms with E-state index >= 15 is 0 Å². The van der Waals surface area contributed by atoms with Crippen LogP contribution in [-0.4, -0.2) is 57.1 Å². The molecule has 226 valence electrons. The number of methoxy groups -OCH3 is 1. The van der Waals surface area contributed by atoms with Crippen LogP contribution in [0.5, 0.6) is 5.75 Å². The summed E-state index contributed by atoms with van der Waals surface area (Å²) in [5.74, 6) is 0.0912. The number of amides is 2. The van der Waals surface area contributed by atoms with E-state index in [1.807, 2.05) is 68.4 Å². The van der Waals surface area contributed by atoms with Gasteiger partial charge in [-0.25, -0.2) is 8.42 Å². The summed E-state index contributed by atoms with van der Waals surface area (Å²) in [7, 11) is -2.10. The zero-order valence-corrected chi connectivity index (χ0v) is 27.0. The summed E-state index contributed by atoms with van der Waals surface area (Å²) in [4.78, 5) is 29.2. The molecule has 0 fully saturated rings. The van der Waals surface area contributed by atoms with Crippen LogP contribution in [0.3, 0.4) is 0 Å². The van der Waals surface area contributed by atoms with Gasteiger partial charge >= 0.3 is 0 Å². The summed E-state index contributed by atoms with van der Waals surface area (Å²) >= 11 is 3.51. The van der Waals surface area contributed by atoms with Crippen molar-refractivity contribution in [2.24, 2.45) is 0 Å². The molecule has 1 N–H and O–H groups in total. The average molecular weight is 659 g/mol. The Morgan fingerprint density at radius 1 is 0.976 bits per heavy atom. The fraction of sp³-hybridized carbons (Fsp3) is 0.375. The van der Waals surface area contributed by atoms with E-state index in [-0.39, 0.29) is 43.8 Å². The molecule has 0 saturated carbocycles. The smallest absolute Gasteiger partial charge is 0.243 e. The molecule has 0 radical (unpaired) electrons. The van der Waals surface area contributed by atoms with Crippen molar-refractivity contribution in [2.45, 2.75) is 58.2 Å². The maximum Gasteiger partial charge on any atom is 0.243 e. The van der Waals surface area contributed by atoms with Gasteiger partial charge in [-0.1, -0.05) is 71.4 Å². The number of rotatable bonds is 15. The Morgan fingerprint density at radius 3 is 2.31 bits per heavy atom. The summed E-state index contributed by atoms with van der Waals surface area (Å²) in [6.45, 7) is 4.27. The van der Waals surface area contributed by atoms with E-state index in [4.69, 9.17) is 4.74 Å². The van der Waals surface area contributed by atoms with Crippen LogP contribution in [0.1, 0.15) is 44.2 Å². The van der Waals surface area contributed by atoms with Crippen molar-refractivity contribution < 1.29 is 22.7 Å². The minimum Gasteiger partial charge on any atom is -0.497 e. The van der Waals surface area contributed by atoms with E-state index in [1.165, 1.54) is 11.4 Å². The fourth-order valence-corrected chi connectivity index (χ4v) is 6.00. The summed E-state index contributed by atoms with van der Waals surface area (Å²) in [5, 5.41) is 3.07. The molecule has 0 spiro atoms. The van der Waals surface area contributed by atoms with E-state index in [2.05, 4.69) is 21.2 Å². The third-order valence-electron chi connectivity index (χ3n) is 7.01. The van der Waals surface area contributed by atoms with Crippen molar-refractivity contribution in [1.82, 2.24) is 10.2 Å². The minimum atomic E-state index is -3.62. The van der Waals surface area contributed by atoms with E-state index in [0.717, 1.165) is 28.3 Å². The third-order valence-corrected chi connectivity index (χ3v) is 8.69. The molecule has 10 heteroatoms. The van der Waals surface area contributed by atoms with Crippen molar-refractivity contribution in [2.75, 3.05) is 24.2 Å². The molecule has 0 saturated heterocycles. The lowest BCUT2D eigenvalue weighted by Gasteiger charge is -2.32. The SMILES string of the molecule is CC[C@H](C)NC(=O)[C@H](Cc1ccccc1)N(Cc1cccc(Br)c1)C(=O)CCCN(c1cccc(OC)c1)S(C)(=O)=O. The first-order valence-electron chi connectivity index (χ1n) is 14.0. The molecule has 0 aromatic heterocycles. The number of nitrogens with one attached hydrogen (secondary N) is 1. The van der Waals surface area contributed by atoms with Gasteiger partial charge in [0.1, 0.15) is 11.8 Å². The number of ether oxygens (including phenoxy) is 1. The standard InChI is InChI=1S/C32H40BrN3O5S/c1-5-24(2)34-32(38)30(21-25-12-7-6-8-13-25)35(23-26-14-9-15-27(33)20-26)31(37)18-11-19-36(42(4,39)40)28-16-10-17-29(22-28)41-3/h6-10,12-17,20,22,24,30H,5,11,18-19,21,23H2,1-4H3,(H,34,38)/t24-,30-/m0/s1. The number of carbonyl (C=O) groups excluding carboxylic acids is 2. The second-order valence-electron chi connectivity index (χ2n) is 10.3. The van der Waals surface area contributed by atoms with Crippen LogP contribution in [-0.2, 0) is 32.6 Å². The quantitative estimate of drug-likeness (QED) is 0.231.